The van der Waals surface area contributed by atoms with Crippen LogP contribution in [0.3, 0.4) is 0 Å². The van der Waals surface area contributed by atoms with E-state index in [1.165, 1.54) is 0 Å². The average molecular weight is 477 g/mol. The Hall–Kier alpha value is -2.55. The van der Waals surface area contributed by atoms with Gasteiger partial charge in [-0.15, -0.1) is 4.83 Å². The first-order valence-corrected chi connectivity index (χ1v) is 13.0. The first-order chi connectivity index (χ1) is 16.1. The van der Waals surface area contributed by atoms with E-state index in [0.29, 0.717) is 12.8 Å². The fourth-order valence-electron chi connectivity index (χ4n) is 6.31. The van der Waals surface area contributed by atoms with Crippen LogP contribution in [0.5, 0.6) is 0 Å². The molecule has 7 rings (SSSR count). The molecule has 4 aliphatic heterocycles. The molecule has 0 saturated carbocycles. The van der Waals surface area contributed by atoms with Gasteiger partial charge in [0.15, 0.2) is 0 Å². The predicted octanol–water partition coefficient (Wildman–Crippen LogP) is 4.57. The summed E-state index contributed by atoms with van der Waals surface area (Å²) in [6.45, 7) is 5.83. The van der Waals surface area contributed by atoms with Crippen LogP contribution in [-0.2, 0) is 30.7 Å². The van der Waals surface area contributed by atoms with Gasteiger partial charge in [0, 0.05) is 12.8 Å². The Balaban J connectivity index is 1.47. The summed E-state index contributed by atoms with van der Waals surface area (Å²) in [7, 11) is -3.84. The fraction of sp³-hybridized carbons (Fsp3) is 0.333. The van der Waals surface area contributed by atoms with Gasteiger partial charge in [0.1, 0.15) is 22.7 Å². The van der Waals surface area contributed by atoms with E-state index in [9.17, 15) is 8.42 Å². The Morgan fingerprint density at radius 1 is 0.735 bits per heavy atom. The predicted molar refractivity (Wildman–Crippen MR) is 128 cm³/mol. The quantitative estimate of drug-likeness (QED) is 0.584. The molecule has 6 nitrogen and oxygen atoms in total. The van der Waals surface area contributed by atoms with E-state index in [4.69, 9.17) is 9.47 Å². The fourth-order valence-corrected chi connectivity index (χ4v) is 7.53. The van der Waals surface area contributed by atoms with Gasteiger partial charge < -0.3 is 9.47 Å². The number of ether oxygens (including phenoxy) is 2. The molecule has 7 heteroatoms. The molecule has 4 saturated heterocycles. The van der Waals surface area contributed by atoms with E-state index in [1.54, 1.807) is 29.3 Å². The maximum Gasteiger partial charge on any atom is 0.253 e. The van der Waals surface area contributed by atoms with Gasteiger partial charge in [-0.25, -0.2) is 8.42 Å². The molecular weight excluding hydrogens is 448 g/mol. The molecule has 0 aromatic heterocycles. The van der Waals surface area contributed by atoms with Gasteiger partial charge in [0.05, 0.1) is 4.90 Å². The van der Waals surface area contributed by atoms with Crippen LogP contribution < -0.4 is 4.83 Å². The molecule has 3 aromatic rings. The number of nitrogens with one attached hydrogen (secondary N) is 1. The molecule has 0 aliphatic carbocycles. The molecule has 0 radical (unpaired) electrons. The summed E-state index contributed by atoms with van der Waals surface area (Å²) < 4.78 is 40.6. The lowest BCUT2D eigenvalue weighted by Gasteiger charge is -2.53. The number of benzene rings is 3. The van der Waals surface area contributed by atoms with Gasteiger partial charge in [0.2, 0.25) is 0 Å². The third-order valence-corrected chi connectivity index (χ3v) is 8.88. The van der Waals surface area contributed by atoms with E-state index in [1.807, 2.05) is 57.2 Å². The Kier molecular flexibility index (Phi) is 4.51. The molecular formula is C27H28N2O4S. The van der Waals surface area contributed by atoms with E-state index >= 15 is 0 Å². The highest BCUT2D eigenvalue weighted by molar-refractivity contribution is 7.89. The van der Waals surface area contributed by atoms with Crippen molar-refractivity contribution in [3.63, 3.8) is 0 Å². The summed E-state index contributed by atoms with van der Waals surface area (Å²) in [5.74, 6) is 0. The van der Waals surface area contributed by atoms with Crippen molar-refractivity contribution in [2.45, 2.75) is 61.2 Å². The molecule has 4 atom stereocenters. The summed E-state index contributed by atoms with van der Waals surface area (Å²) in [6, 6.07) is 27.1. The van der Waals surface area contributed by atoms with Crippen molar-refractivity contribution in [2.75, 3.05) is 0 Å². The van der Waals surface area contributed by atoms with Crippen LogP contribution in [0.2, 0.25) is 0 Å². The minimum Gasteiger partial charge on any atom is -0.344 e. The lowest BCUT2D eigenvalue weighted by atomic mass is 9.72. The third kappa shape index (κ3) is 2.85. The smallest absolute Gasteiger partial charge is 0.253 e. The summed E-state index contributed by atoms with van der Waals surface area (Å²) in [4.78, 5) is 3.03. The number of hydrogen-bond acceptors (Lipinski definition) is 5. The molecule has 176 valence electrons. The SMILES string of the molecule is Cc1ccc(S(=O)(=O)NN2[C@]3(C)C[C@]4(c5ccccc5)O[C@@]2(C)C[C@]4(c2ccccc2)O3)cc1. The number of sulfonamides is 1. The number of hydrazine groups is 1. The van der Waals surface area contributed by atoms with E-state index in [2.05, 4.69) is 29.1 Å². The number of hydrogen-bond donors (Lipinski definition) is 1. The molecule has 0 unspecified atom stereocenters. The number of aryl methyl sites for hydroxylation is 1. The van der Waals surface area contributed by atoms with Crippen LogP contribution in [0.25, 0.3) is 0 Å². The van der Waals surface area contributed by atoms with Crippen molar-refractivity contribution < 1.29 is 17.9 Å². The first kappa shape index (κ1) is 21.9. The Labute approximate surface area is 200 Å². The minimum absolute atomic E-state index is 0.205. The zero-order valence-corrected chi connectivity index (χ0v) is 20.3. The van der Waals surface area contributed by atoms with Gasteiger partial charge in [-0.3, -0.25) is 0 Å². The van der Waals surface area contributed by atoms with Crippen LogP contribution in [0, 0.1) is 6.92 Å². The van der Waals surface area contributed by atoms with Crippen molar-refractivity contribution in [3.05, 3.63) is 102 Å². The largest absolute Gasteiger partial charge is 0.344 e. The van der Waals surface area contributed by atoms with E-state index in [0.717, 1.165) is 16.7 Å². The highest BCUT2D eigenvalue weighted by Gasteiger charge is 2.81. The van der Waals surface area contributed by atoms with Crippen LogP contribution >= 0.6 is 0 Å². The zero-order valence-electron chi connectivity index (χ0n) is 19.5. The normalized spacial score (nSPS) is 34.6. The third-order valence-electron chi connectivity index (χ3n) is 7.56. The van der Waals surface area contributed by atoms with Crippen LogP contribution in [0.15, 0.2) is 89.8 Å². The Morgan fingerprint density at radius 3 is 1.62 bits per heavy atom. The second kappa shape index (κ2) is 6.99. The highest BCUT2D eigenvalue weighted by atomic mass is 32.2. The van der Waals surface area contributed by atoms with E-state index in [-0.39, 0.29) is 4.90 Å². The highest BCUT2D eigenvalue weighted by Crippen LogP contribution is 2.72. The molecule has 3 aromatic carbocycles. The molecule has 4 aliphatic rings. The Morgan fingerprint density at radius 2 is 1.18 bits per heavy atom. The molecule has 34 heavy (non-hydrogen) atoms. The molecule has 1 N–H and O–H groups in total. The van der Waals surface area contributed by atoms with Crippen molar-refractivity contribution >= 4 is 10.0 Å². The van der Waals surface area contributed by atoms with Crippen LogP contribution in [-0.4, -0.2) is 24.9 Å². The van der Waals surface area contributed by atoms with Crippen molar-refractivity contribution in [1.29, 1.82) is 0 Å². The lowest BCUT2D eigenvalue weighted by Crippen LogP contribution is -2.69. The average Bonchev–Trinajstić information content (AvgIpc) is 3.18. The van der Waals surface area contributed by atoms with Crippen LogP contribution in [0.4, 0.5) is 0 Å². The van der Waals surface area contributed by atoms with Gasteiger partial charge in [0.25, 0.3) is 10.0 Å². The lowest BCUT2D eigenvalue weighted by molar-refractivity contribution is -0.310. The first-order valence-electron chi connectivity index (χ1n) is 11.5. The summed E-state index contributed by atoms with van der Waals surface area (Å²) in [6.07, 6.45) is 0.954. The van der Waals surface area contributed by atoms with Crippen molar-refractivity contribution in [2.24, 2.45) is 0 Å². The second-order valence-corrected chi connectivity index (χ2v) is 11.7. The molecule has 4 bridgehead atoms. The maximum absolute atomic E-state index is 13.4. The van der Waals surface area contributed by atoms with E-state index < -0.39 is 32.7 Å². The zero-order chi connectivity index (χ0) is 23.8. The Bertz CT molecular complexity index is 1260. The van der Waals surface area contributed by atoms with Crippen molar-refractivity contribution in [1.82, 2.24) is 9.84 Å². The molecule has 4 fully saturated rings. The number of rotatable bonds is 5. The topological polar surface area (TPSA) is 67.9 Å². The van der Waals surface area contributed by atoms with Crippen molar-refractivity contribution in [3.8, 4) is 0 Å². The number of nitrogens with zero attached hydrogens (tertiary/aromatic N) is 1. The van der Waals surface area contributed by atoms with Gasteiger partial charge >= 0.3 is 0 Å². The molecule has 0 amide bonds. The standard InChI is InChI=1S/C27H28N2O4S/c1-20-14-16-23(17-15-20)34(30,31)28-29-24(2)18-26(21-10-6-4-7-11-21)27(32-24,19-25(29,3)33-26)22-12-8-5-9-13-22/h4-17,28H,18-19H2,1-3H3/t24-,25-,26+,27+/m0/s1. The maximum atomic E-state index is 13.4. The monoisotopic (exact) mass is 476 g/mol. The van der Waals surface area contributed by atoms with Gasteiger partial charge in [-0.2, -0.15) is 5.01 Å². The molecule has 0 spiro atoms. The van der Waals surface area contributed by atoms with Gasteiger partial charge in [-0.05, 0) is 44.0 Å². The molecule has 4 heterocycles. The second-order valence-electron chi connectivity index (χ2n) is 10.0. The summed E-state index contributed by atoms with van der Waals surface area (Å²) in [5, 5.41) is 1.67. The summed E-state index contributed by atoms with van der Waals surface area (Å²) in [5.41, 5.74) is -0.267. The van der Waals surface area contributed by atoms with Gasteiger partial charge in [-0.1, -0.05) is 78.4 Å². The summed E-state index contributed by atoms with van der Waals surface area (Å²) >= 11 is 0. The minimum atomic E-state index is -3.84. The van der Waals surface area contributed by atoms with Crippen LogP contribution in [0.1, 0.15) is 43.4 Å².